The van der Waals surface area contributed by atoms with Gasteiger partial charge in [0, 0.05) is 36.1 Å². The minimum atomic E-state index is -0.910. The van der Waals surface area contributed by atoms with E-state index in [1.165, 1.54) is 19.1 Å². The number of aliphatic hydroxyl groups is 1. The van der Waals surface area contributed by atoms with Crippen molar-refractivity contribution >= 4 is 17.4 Å². The molecule has 1 atom stereocenters. The Balaban J connectivity index is 1.67. The number of carbonyl (C=O) groups is 2. The molecule has 2 aliphatic rings. The zero-order valence-electron chi connectivity index (χ0n) is 19.8. The standard InChI is InChI=1S/C27H24N2O7/c1-33-18-4-5-19(21(14-18)34-2)24-23(25(30)17-3-6-20-22(13-17)36-12-11-35-20)26(31)27(32)29(24)15-16-7-9-28-10-8-16/h3-10,13-14,24,30H,11-12,15H2,1-2H3. The lowest BCUT2D eigenvalue weighted by Crippen LogP contribution is -2.29. The summed E-state index contributed by atoms with van der Waals surface area (Å²) < 4.78 is 22.1. The van der Waals surface area contributed by atoms with Crippen molar-refractivity contribution in [3.8, 4) is 23.0 Å². The number of hydrogen-bond donors (Lipinski definition) is 1. The van der Waals surface area contributed by atoms with Gasteiger partial charge in [-0.15, -0.1) is 0 Å². The summed E-state index contributed by atoms with van der Waals surface area (Å²) in [6.07, 6.45) is 3.23. The Bertz CT molecular complexity index is 1350. The van der Waals surface area contributed by atoms with Gasteiger partial charge in [0.2, 0.25) is 0 Å². The Morgan fingerprint density at radius 1 is 1.00 bits per heavy atom. The molecule has 1 saturated heterocycles. The third-order valence-corrected chi connectivity index (χ3v) is 6.19. The number of carbonyl (C=O) groups excluding carboxylic acids is 2. The molecule has 9 nitrogen and oxygen atoms in total. The number of ketones is 1. The molecule has 1 unspecified atom stereocenters. The van der Waals surface area contributed by atoms with Crippen LogP contribution in [0.2, 0.25) is 0 Å². The molecule has 1 aromatic heterocycles. The predicted octanol–water partition coefficient (Wildman–Crippen LogP) is 3.49. The van der Waals surface area contributed by atoms with Crippen molar-refractivity contribution in [2.75, 3.05) is 27.4 Å². The highest BCUT2D eigenvalue weighted by atomic mass is 16.6. The molecule has 3 aromatic rings. The number of Topliss-reactive ketones (excluding diaryl/α,β-unsaturated/α-hetero) is 1. The Hall–Kier alpha value is -4.53. The van der Waals surface area contributed by atoms with Gasteiger partial charge in [0.05, 0.1) is 25.8 Å². The van der Waals surface area contributed by atoms with Crippen LogP contribution < -0.4 is 18.9 Å². The second kappa shape index (κ2) is 9.61. The van der Waals surface area contributed by atoms with E-state index in [-0.39, 0.29) is 17.9 Å². The van der Waals surface area contributed by atoms with Crippen LogP contribution in [0.4, 0.5) is 0 Å². The summed E-state index contributed by atoms with van der Waals surface area (Å²) >= 11 is 0. The van der Waals surface area contributed by atoms with Gasteiger partial charge >= 0.3 is 0 Å². The summed E-state index contributed by atoms with van der Waals surface area (Å²) in [5, 5.41) is 11.4. The van der Waals surface area contributed by atoms with E-state index in [1.54, 1.807) is 60.9 Å². The molecular formula is C27H24N2O7. The molecule has 2 aliphatic heterocycles. The quantitative estimate of drug-likeness (QED) is 0.319. The van der Waals surface area contributed by atoms with Gasteiger partial charge in [-0.2, -0.15) is 0 Å². The fourth-order valence-corrected chi connectivity index (χ4v) is 4.44. The molecule has 9 heteroatoms. The number of rotatable bonds is 6. The minimum absolute atomic E-state index is 0.0470. The first-order valence-corrected chi connectivity index (χ1v) is 11.3. The van der Waals surface area contributed by atoms with E-state index < -0.39 is 17.7 Å². The van der Waals surface area contributed by atoms with E-state index in [0.717, 1.165) is 5.56 Å². The number of pyridine rings is 1. The monoisotopic (exact) mass is 488 g/mol. The van der Waals surface area contributed by atoms with Gasteiger partial charge in [-0.05, 0) is 48.0 Å². The largest absolute Gasteiger partial charge is 0.507 e. The molecule has 2 aromatic carbocycles. The van der Waals surface area contributed by atoms with Gasteiger partial charge in [0.1, 0.15) is 30.5 Å². The van der Waals surface area contributed by atoms with Gasteiger partial charge in [-0.25, -0.2) is 0 Å². The first kappa shape index (κ1) is 23.2. The Labute approximate surface area is 207 Å². The lowest BCUT2D eigenvalue weighted by molar-refractivity contribution is -0.140. The van der Waals surface area contributed by atoms with E-state index in [0.29, 0.717) is 47.3 Å². The summed E-state index contributed by atoms with van der Waals surface area (Å²) in [6.45, 7) is 0.928. The van der Waals surface area contributed by atoms with Crippen LogP contribution in [0, 0.1) is 0 Å². The molecule has 0 bridgehead atoms. The maximum atomic E-state index is 13.4. The fraction of sp³-hybridized carbons (Fsp3) is 0.222. The third-order valence-electron chi connectivity index (χ3n) is 6.19. The summed E-state index contributed by atoms with van der Waals surface area (Å²) in [6, 6.07) is 12.6. The molecule has 3 heterocycles. The Morgan fingerprint density at radius 3 is 2.47 bits per heavy atom. The van der Waals surface area contributed by atoms with Gasteiger partial charge in [-0.3, -0.25) is 14.6 Å². The van der Waals surface area contributed by atoms with Gasteiger partial charge in [-0.1, -0.05) is 0 Å². The minimum Gasteiger partial charge on any atom is -0.507 e. The predicted molar refractivity (Wildman–Crippen MR) is 129 cm³/mol. The third kappa shape index (κ3) is 4.08. The SMILES string of the molecule is COc1ccc(C2C(=C(O)c3ccc4c(c3)OCCO4)C(=O)C(=O)N2Cc2ccncc2)c(OC)c1. The topological polar surface area (TPSA) is 107 Å². The molecule has 0 aliphatic carbocycles. The van der Waals surface area contributed by atoms with Crippen molar-refractivity contribution in [3.63, 3.8) is 0 Å². The van der Waals surface area contributed by atoms with Crippen molar-refractivity contribution in [3.05, 3.63) is 83.2 Å². The van der Waals surface area contributed by atoms with E-state index >= 15 is 0 Å². The van der Waals surface area contributed by atoms with E-state index in [4.69, 9.17) is 18.9 Å². The van der Waals surface area contributed by atoms with Crippen LogP contribution in [0.3, 0.4) is 0 Å². The van der Waals surface area contributed by atoms with E-state index in [9.17, 15) is 14.7 Å². The van der Waals surface area contributed by atoms with Crippen LogP contribution in [0.1, 0.15) is 22.7 Å². The highest BCUT2D eigenvalue weighted by Crippen LogP contribution is 2.45. The fourth-order valence-electron chi connectivity index (χ4n) is 4.44. The lowest BCUT2D eigenvalue weighted by atomic mass is 9.94. The molecule has 0 saturated carbocycles. The number of fused-ring (bicyclic) bond motifs is 1. The first-order chi connectivity index (χ1) is 17.5. The number of nitrogens with zero attached hydrogens (tertiary/aromatic N) is 2. The zero-order chi connectivity index (χ0) is 25.2. The number of aromatic nitrogens is 1. The summed E-state index contributed by atoms with van der Waals surface area (Å²) in [4.78, 5) is 32.1. The number of amides is 1. The summed E-state index contributed by atoms with van der Waals surface area (Å²) in [5.74, 6) is 0.125. The molecular weight excluding hydrogens is 464 g/mol. The normalized spacial score (nSPS) is 18.3. The van der Waals surface area contributed by atoms with Crippen LogP contribution in [-0.2, 0) is 16.1 Å². The van der Waals surface area contributed by atoms with Gasteiger partial charge < -0.3 is 29.0 Å². The number of likely N-dealkylation sites (tertiary alicyclic amines) is 1. The van der Waals surface area contributed by atoms with Crippen LogP contribution in [0.5, 0.6) is 23.0 Å². The first-order valence-electron chi connectivity index (χ1n) is 11.3. The smallest absolute Gasteiger partial charge is 0.295 e. The molecule has 0 spiro atoms. The van der Waals surface area contributed by atoms with Crippen molar-refractivity contribution in [1.29, 1.82) is 0 Å². The maximum absolute atomic E-state index is 13.4. The highest BCUT2D eigenvalue weighted by Gasteiger charge is 2.47. The molecule has 0 radical (unpaired) electrons. The average molecular weight is 488 g/mol. The molecule has 5 rings (SSSR count). The van der Waals surface area contributed by atoms with Crippen molar-refractivity contribution in [1.82, 2.24) is 9.88 Å². The van der Waals surface area contributed by atoms with Crippen molar-refractivity contribution in [2.24, 2.45) is 0 Å². The van der Waals surface area contributed by atoms with Crippen LogP contribution in [0.25, 0.3) is 5.76 Å². The molecule has 1 amide bonds. The van der Waals surface area contributed by atoms with Gasteiger partial charge in [0.15, 0.2) is 11.5 Å². The molecule has 36 heavy (non-hydrogen) atoms. The molecule has 184 valence electrons. The number of benzene rings is 2. The Morgan fingerprint density at radius 2 is 1.75 bits per heavy atom. The average Bonchev–Trinajstić information content (AvgIpc) is 3.17. The van der Waals surface area contributed by atoms with E-state index in [1.807, 2.05) is 0 Å². The Kier molecular flexibility index (Phi) is 6.20. The number of methoxy groups -OCH3 is 2. The van der Waals surface area contributed by atoms with Crippen LogP contribution >= 0.6 is 0 Å². The van der Waals surface area contributed by atoms with Crippen molar-refractivity contribution in [2.45, 2.75) is 12.6 Å². The highest BCUT2D eigenvalue weighted by molar-refractivity contribution is 6.46. The number of ether oxygens (including phenoxy) is 4. The van der Waals surface area contributed by atoms with Gasteiger partial charge in [0.25, 0.3) is 11.7 Å². The number of aliphatic hydroxyl groups excluding tert-OH is 1. The second-order valence-electron chi connectivity index (χ2n) is 8.25. The van der Waals surface area contributed by atoms with Crippen LogP contribution in [0.15, 0.2) is 66.5 Å². The van der Waals surface area contributed by atoms with Crippen LogP contribution in [-0.4, -0.2) is 54.1 Å². The van der Waals surface area contributed by atoms with E-state index in [2.05, 4.69) is 4.98 Å². The molecule has 1 N–H and O–H groups in total. The lowest BCUT2D eigenvalue weighted by Gasteiger charge is -2.27. The molecule has 1 fully saturated rings. The van der Waals surface area contributed by atoms with Crippen molar-refractivity contribution < 1.29 is 33.6 Å². The second-order valence-corrected chi connectivity index (χ2v) is 8.25. The maximum Gasteiger partial charge on any atom is 0.295 e. The number of hydrogen-bond acceptors (Lipinski definition) is 8. The summed E-state index contributed by atoms with van der Waals surface area (Å²) in [5.41, 5.74) is 1.60. The summed E-state index contributed by atoms with van der Waals surface area (Å²) in [7, 11) is 3.03. The zero-order valence-corrected chi connectivity index (χ0v) is 19.8.